The number of hydrogen-bond donors (Lipinski definition) is 1. The SMILES string of the molecule is Cc1cc(C(=O)N2CCCS(=O)(=O)CC2)cc(=O)[nH]1. The molecule has 1 N–H and O–H groups in total. The van der Waals surface area contributed by atoms with Crippen LogP contribution in [-0.2, 0) is 9.84 Å². The number of sulfone groups is 1. The van der Waals surface area contributed by atoms with Crippen molar-refractivity contribution in [2.75, 3.05) is 24.6 Å². The average molecular weight is 284 g/mol. The molecule has 1 aromatic heterocycles. The number of nitrogens with one attached hydrogen (secondary N) is 1. The number of carbonyl (C=O) groups excluding carboxylic acids is 1. The lowest BCUT2D eigenvalue weighted by Crippen LogP contribution is -2.34. The van der Waals surface area contributed by atoms with E-state index >= 15 is 0 Å². The van der Waals surface area contributed by atoms with Crippen molar-refractivity contribution >= 4 is 15.7 Å². The molecule has 0 unspecified atom stereocenters. The molecule has 6 nitrogen and oxygen atoms in total. The number of carbonyl (C=O) groups is 1. The molecule has 1 fully saturated rings. The number of hydrogen-bond acceptors (Lipinski definition) is 4. The Morgan fingerprint density at radius 2 is 2.00 bits per heavy atom. The smallest absolute Gasteiger partial charge is 0.254 e. The van der Waals surface area contributed by atoms with Crippen molar-refractivity contribution in [3.05, 3.63) is 33.7 Å². The number of nitrogens with zero attached hydrogens (tertiary/aromatic N) is 1. The van der Waals surface area contributed by atoms with Gasteiger partial charge in [-0.05, 0) is 19.4 Å². The van der Waals surface area contributed by atoms with E-state index in [0.717, 1.165) is 0 Å². The summed E-state index contributed by atoms with van der Waals surface area (Å²) < 4.78 is 23.0. The molecule has 1 saturated heterocycles. The maximum atomic E-state index is 12.2. The predicted octanol–water partition coefficient (Wildman–Crippen LogP) is -0.0560. The molecule has 0 atom stereocenters. The van der Waals surface area contributed by atoms with Crippen molar-refractivity contribution in [3.63, 3.8) is 0 Å². The van der Waals surface area contributed by atoms with Crippen LogP contribution in [0.5, 0.6) is 0 Å². The maximum absolute atomic E-state index is 12.2. The van der Waals surface area contributed by atoms with Crippen LogP contribution < -0.4 is 5.56 Å². The van der Waals surface area contributed by atoms with Gasteiger partial charge in [0.25, 0.3) is 5.91 Å². The third-order valence-electron chi connectivity index (χ3n) is 3.07. The summed E-state index contributed by atoms with van der Waals surface area (Å²) >= 11 is 0. The molecule has 19 heavy (non-hydrogen) atoms. The van der Waals surface area contributed by atoms with Crippen molar-refractivity contribution in [1.82, 2.24) is 9.88 Å². The molecular weight excluding hydrogens is 268 g/mol. The van der Waals surface area contributed by atoms with Crippen LogP contribution in [0.15, 0.2) is 16.9 Å². The zero-order valence-electron chi connectivity index (χ0n) is 10.7. The molecule has 1 aliphatic rings. The number of aromatic amines is 1. The molecule has 1 amide bonds. The molecule has 0 aromatic carbocycles. The van der Waals surface area contributed by atoms with Gasteiger partial charge in [0, 0.05) is 30.4 Å². The summed E-state index contributed by atoms with van der Waals surface area (Å²) in [5, 5.41) is 0. The highest BCUT2D eigenvalue weighted by Crippen LogP contribution is 2.09. The Kier molecular flexibility index (Phi) is 3.75. The molecule has 1 aliphatic heterocycles. The largest absolute Gasteiger partial charge is 0.338 e. The normalized spacial score (nSPS) is 18.9. The molecule has 7 heteroatoms. The summed E-state index contributed by atoms with van der Waals surface area (Å²) in [5.74, 6) is -0.183. The summed E-state index contributed by atoms with van der Waals surface area (Å²) in [6.45, 7) is 2.29. The van der Waals surface area contributed by atoms with Gasteiger partial charge in [-0.1, -0.05) is 0 Å². The molecule has 104 valence electrons. The number of rotatable bonds is 1. The van der Waals surface area contributed by atoms with Crippen molar-refractivity contribution in [3.8, 4) is 0 Å². The molecule has 1 aromatic rings. The quantitative estimate of drug-likeness (QED) is 0.783. The molecule has 2 heterocycles. The van der Waals surface area contributed by atoms with E-state index in [1.807, 2.05) is 0 Å². The molecule has 0 bridgehead atoms. The second-order valence-corrected chi connectivity index (χ2v) is 7.02. The standard InChI is InChI=1S/C12H16N2O4S/c1-9-7-10(8-11(15)13-9)12(16)14-3-2-5-19(17,18)6-4-14/h7-8H,2-6H2,1H3,(H,13,15). The fraction of sp³-hybridized carbons (Fsp3) is 0.500. The van der Waals surface area contributed by atoms with E-state index in [1.165, 1.54) is 11.0 Å². The van der Waals surface area contributed by atoms with Crippen LogP contribution in [0.3, 0.4) is 0 Å². The number of pyridine rings is 1. The van der Waals surface area contributed by atoms with Crippen LogP contribution >= 0.6 is 0 Å². The molecule has 2 rings (SSSR count). The van der Waals surface area contributed by atoms with Crippen LogP contribution in [0, 0.1) is 6.92 Å². The van der Waals surface area contributed by atoms with Gasteiger partial charge in [0.05, 0.1) is 11.5 Å². The summed E-state index contributed by atoms with van der Waals surface area (Å²) in [7, 11) is -3.05. The number of amides is 1. The van der Waals surface area contributed by atoms with Gasteiger partial charge in [0.15, 0.2) is 9.84 Å². The van der Waals surface area contributed by atoms with Crippen molar-refractivity contribution in [2.45, 2.75) is 13.3 Å². The van der Waals surface area contributed by atoms with Crippen molar-refractivity contribution in [2.24, 2.45) is 0 Å². The number of aryl methyl sites for hydroxylation is 1. The van der Waals surface area contributed by atoms with Crippen LogP contribution in [0.4, 0.5) is 0 Å². The van der Waals surface area contributed by atoms with Crippen LogP contribution in [-0.4, -0.2) is 48.8 Å². The minimum absolute atomic E-state index is 0.0130. The van der Waals surface area contributed by atoms with E-state index < -0.39 is 9.84 Å². The van der Waals surface area contributed by atoms with Crippen LogP contribution in [0.2, 0.25) is 0 Å². The van der Waals surface area contributed by atoms with E-state index in [4.69, 9.17) is 0 Å². The third kappa shape index (κ3) is 3.44. The Balaban J connectivity index is 2.22. The molecule has 0 aliphatic carbocycles. The van der Waals surface area contributed by atoms with E-state index in [2.05, 4.69) is 4.98 Å². The van der Waals surface area contributed by atoms with Gasteiger partial charge in [-0.3, -0.25) is 9.59 Å². The lowest BCUT2D eigenvalue weighted by molar-refractivity contribution is 0.0768. The predicted molar refractivity (Wildman–Crippen MR) is 71.0 cm³/mol. The fourth-order valence-electron chi connectivity index (χ4n) is 2.13. The van der Waals surface area contributed by atoms with Gasteiger partial charge in [-0.25, -0.2) is 8.42 Å². The Hall–Kier alpha value is -1.63. The first-order chi connectivity index (χ1) is 8.87. The Morgan fingerprint density at radius 1 is 1.26 bits per heavy atom. The zero-order valence-corrected chi connectivity index (χ0v) is 11.5. The molecular formula is C12H16N2O4S. The highest BCUT2D eigenvalue weighted by atomic mass is 32.2. The molecule has 0 radical (unpaired) electrons. The fourth-order valence-corrected chi connectivity index (χ4v) is 3.40. The van der Waals surface area contributed by atoms with Crippen LogP contribution in [0.25, 0.3) is 0 Å². The van der Waals surface area contributed by atoms with Gasteiger partial charge in [-0.2, -0.15) is 0 Å². The first kappa shape index (κ1) is 13.8. The van der Waals surface area contributed by atoms with Crippen molar-refractivity contribution in [1.29, 1.82) is 0 Å². The van der Waals surface area contributed by atoms with E-state index in [-0.39, 0.29) is 29.5 Å². The van der Waals surface area contributed by atoms with Gasteiger partial charge >= 0.3 is 0 Å². The second-order valence-electron chi connectivity index (χ2n) is 4.71. The minimum atomic E-state index is -3.05. The maximum Gasteiger partial charge on any atom is 0.254 e. The average Bonchev–Trinajstić information content (AvgIpc) is 2.48. The zero-order chi connectivity index (χ0) is 14.0. The van der Waals surface area contributed by atoms with Gasteiger partial charge in [0.2, 0.25) is 5.56 Å². The van der Waals surface area contributed by atoms with E-state index in [9.17, 15) is 18.0 Å². The first-order valence-corrected chi connectivity index (χ1v) is 7.90. The minimum Gasteiger partial charge on any atom is -0.338 e. The molecule has 0 spiro atoms. The summed E-state index contributed by atoms with van der Waals surface area (Å²) in [4.78, 5) is 27.7. The Bertz CT molecular complexity index is 648. The summed E-state index contributed by atoms with van der Waals surface area (Å²) in [5.41, 5.74) is 0.588. The highest BCUT2D eigenvalue weighted by Gasteiger charge is 2.23. The molecule has 0 saturated carbocycles. The van der Waals surface area contributed by atoms with Gasteiger partial charge < -0.3 is 9.88 Å². The lowest BCUT2D eigenvalue weighted by atomic mass is 10.2. The van der Waals surface area contributed by atoms with Gasteiger partial charge in [0.1, 0.15) is 0 Å². The third-order valence-corrected chi connectivity index (χ3v) is 4.78. The Labute approximate surface area is 111 Å². The second kappa shape index (κ2) is 5.16. The summed E-state index contributed by atoms with van der Waals surface area (Å²) in [6, 6.07) is 2.85. The van der Waals surface area contributed by atoms with Crippen LogP contribution in [0.1, 0.15) is 22.5 Å². The van der Waals surface area contributed by atoms with Crippen molar-refractivity contribution < 1.29 is 13.2 Å². The van der Waals surface area contributed by atoms with E-state index in [0.29, 0.717) is 24.2 Å². The lowest BCUT2D eigenvalue weighted by Gasteiger charge is -2.19. The van der Waals surface area contributed by atoms with Gasteiger partial charge in [-0.15, -0.1) is 0 Å². The highest BCUT2D eigenvalue weighted by molar-refractivity contribution is 7.91. The number of H-pyrrole nitrogens is 1. The monoisotopic (exact) mass is 284 g/mol. The Morgan fingerprint density at radius 3 is 2.68 bits per heavy atom. The summed E-state index contributed by atoms with van der Waals surface area (Å²) in [6.07, 6.45) is 0.441. The first-order valence-electron chi connectivity index (χ1n) is 6.08. The number of aromatic nitrogens is 1. The topological polar surface area (TPSA) is 87.3 Å². The van der Waals surface area contributed by atoms with E-state index in [1.54, 1.807) is 13.0 Å².